The molecule has 0 bridgehead atoms. The molecule has 0 unspecified atom stereocenters. The molecule has 2 nitrogen and oxygen atoms in total. The molecule has 86 valence electrons. The minimum absolute atomic E-state index is 0.225. The molecule has 1 aliphatic heterocycles. The van der Waals surface area contributed by atoms with E-state index in [0.717, 1.165) is 0 Å². The molecular formula is C14H20N2. The van der Waals surface area contributed by atoms with Gasteiger partial charge in [-0.25, -0.2) is 0 Å². The normalized spacial score (nSPS) is 30.3. The van der Waals surface area contributed by atoms with Crippen LogP contribution in [0.5, 0.6) is 0 Å². The van der Waals surface area contributed by atoms with E-state index in [4.69, 9.17) is 5.73 Å². The molecule has 1 aliphatic carbocycles. The van der Waals surface area contributed by atoms with E-state index in [2.05, 4.69) is 29.2 Å². The van der Waals surface area contributed by atoms with Crippen LogP contribution in [0.4, 0.5) is 0 Å². The van der Waals surface area contributed by atoms with Crippen LogP contribution in [0.3, 0.4) is 0 Å². The van der Waals surface area contributed by atoms with E-state index in [1.807, 2.05) is 0 Å². The Morgan fingerprint density at radius 3 is 2.69 bits per heavy atom. The number of nitrogens with two attached hydrogens (primary N) is 1. The Morgan fingerprint density at radius 2 is 1.88 bits per heavy atom. The zero-order valence-electron chi connectivity index (χ0n) is 9.73. The van der Waals surface area contributed by atoms with Crippen LogP contribution in [0.2, 0.25) is 0 Å². The average molecular weight is 216 g/mol. The summed E-state index contributed by atoms with van der Waals surface area (Å²) in [5.74, 6) is 0. The molecule has 1 aromatic rings. The first kappa shape index (κ1) is 10.3. The molecule has 2 atom stereocenters. The molecule has 0 amide bonds. The zero-order chi connectivity index (χ0) is 11.0. The smallest absolute Gasteiger partial charge is 0.0455 e. The summed E-state index contributed by atoms with van der Waals surface area (Å²) >= 11 is 0. The Labute approximate surface area is 97.4 Å². The predicted octanol–water partition coefficient (Wildman–Crippen LogP) is 2.10. The van der Waals surface area contributed by atoms with Crippen LogP contribution in [0.15, 0.2) is 24.3 Å². The monoisotopic (exact) mass is 216 g/mol. The van der Waals surface area contributed by atoms with Crippen molar-refractivity contribution in [3.8, 4) is 0 Å². The lowest BCUT2D eigenvalue weighted by Crippen LogP contribution is -2.44. The van der Waals surface area contributed by atoms with Gasteiger partial charge in [0.25, 0.3) is 0 Å². The molecule has 1 aromatic carbocycles. The van der Waals surface area contributed by atoms with E-state index >= 15 is 0 Å². The number of hydrogen-bond donors (Lipinski definition) is 1. The van der Waals surface area contributed by atoms with Gasteiger partial charge in [0.05, 0.1) is 0 Å². The molecule has 3 rings (SSSR count). The molecule has 0 spiro atoms. The van der Waals surface area contributed by atoms with E-state index in [1.54, 1.807) is 0 Å². The van der Waals surface area contributed by atoms with Crippen molar-refractivity contribution in [2.24, 2.45) is 5.73 Å². The van der Waals surface area contributed by atoms with E-state index in [9.17, 15) is 0 Å². The SMILES string of the molecule is N[C@@H]1c2ccccc2CC[C@H]1N1CCCC1. The van der Waals surface area contributed by atoms with Crippen LogP contribution in [0.25, 0.3) is 0 Å². The van der Waals surface area contributed by atoms with Crippen molar-refractivity contribution in [1.29, 1.82) is 0 Å². The minimum Gasteiger partial charge on any atom is -0.323 e. The zero-order valence-corrected chi connectivity index (χ0v) is 9.73. The lowest BCUT2D eigenvalue weighted by molar-refractivity contribution is 0.191. The number of benzene rings is 1. The summed E-state index contributed by atoms with van der Waals surface area (Å²) in [6.45, 7) is 2.50. The summed E-state index contributed by atoms with van der Waals surface area (Å²) in [7, 11) is 0. The van der Waals surface area contributed by atoms with Crippen LogP contribution in [-0.4, -0.2) is 24.0 Å². The van der Waals surface area contributed by atoms with E-state index in [0.29, 0.717) is 6.04 Å². The average Bonchev–Trinajstić information content (AvgIpc) is 2.83. The summed E-state index contributed by atoms with van der Waals surface area (Å²) < 4.78 is 0. The van der Waals surface area contributed by atoms with Gasteiger partial charge in [0.2, 0.25) is 0 Å². The fraction of sp³-hybridized carbons (Fsp3) is 0.571. The summed E-state index contributed by atoms with van der Waals surface area (Å²) in [6, 6.07) is 9.49. The maximum atomic E-state index is 6.43. The highest BCUT2D eigenvalue weighted by atomic mass is 15.2. The third-order valence-electron chi connectivity index (χ3n) is 4.15. The Hall–Kier alpha value is -0.860. The largest absolute Gasteiger partial charge is 0.323 e. The van der Waals surface area contributed by atoms with Gasteiger partial charge in [-0.05, 0) is 49.9 Å². The Bertz CT molecular complexity index is 369. The maximum absolute atomic E-state index is 6.43. The maximum Gasteiger partial charge on any atom is 0.0455 e. The summed E-state index contributed by atoms with van der Waals surface area (Å²) in [6.07, 6.45) is 5.14. The highest BCUT2D eigenvalue weighted by molar-refractivity contribution is 5.33. The highest BCUT2D eigenvalue weighted by Gasteiger charge is 2.31. The van der Waals surface area contributed by atoms with Crippen molar-refractivity contribution in [3.05, 3.63) is 35.4 Å². The molecule has 0 radical (unpaired) electrons. The highest BCUT2D eigenvalue weighted by Crippen LogP contribution is 2.32. The third-order valence-corrected chi connectivity index (χ3v) is 4.15. The fourth-order valence-electron chi connectivity index (χ4n) is 3.26. The second-order valence-electron chi connectivity index (χ2n) is 5.07. The number of aryl methyl sites for hydroxylation is 1. The standard InChI is InChI=1S/C14H20N2/c15-14-12-6-2-1-5-11(12)7-8-13(14)16-9-3-4-10-16/h1-2,5-6,13-14H,3-4,7-10,15H2/t13-,14-/m1/s1. The number of hydrogen-bond acceptors (Lipinski definition) is 2. The molecule has 2 N–H and O–H groups in total. The van der Waals surface area contributed by atoms with Crippen LogP contribution in [-0.2, 0) is 6.42 Å². The Kier molecular flexibility index (Phi) is 2.70. The molecular weight excluding hydrogens is 196 g/mol. The van der Waals surface area contributed by atoms with Crippen molar-refractivity contribution in [1.82, 2.24) is 4.90 Å². The number of fused-ring (bicyclic) bond motifs is 1. The topological polar surface area (TPSA) is 29.3 Å². The van der Waals surface area contributed by atoms with Crippen molar-refractivity contribution in [2.45, 2.75) is 37.8 Å². The summed E-state index contributed by atoms with van der Waals surface area (Å²) in [4.78, 5) is 2.60. The second kappa shape index (κ2) is 4.19. The van der Waals surface area contributed by atoms with Crippen LogP contribution in [0, 0.1) is 0 Å². The van der Waals surface area contributed by atoms with Gasteiger partial charge in [0.1, 0.15) is 0 Å². The van der Waals surface area contributed by atoms with Crippen molar-refractivity contribution >= 4 is 0 Å². The number of nitrogens with zero attached hydrogens (tertiary/aromatic N) is 1. The van der Waals surface area contributed by atoms with Crippen molar-refractivity contribution in [2.75, 3.05) is 13.1 Å². The van der Waals surface area contributed by atoms with Crippen LogP contribution in [0.1, 0.15) is 36.4 Å². The van der Waals surface area contributed by atoms with Gasteiger partial charge in [-0.3, -0.25) is 4.90 Å². The van der Waals surface area contributed by atoms with Crippen LogP contribution < -0.4 is 5.73 Å². The first-order valence-electron chi connectivity index (χ1n) is 6.44. The predicted molar refractivity (Wildman–Crippen MR) is 66.3 cm³/mol. The van der Waals surface area contributed by atoms with Gasteiger partial charge in [-0.1, -0.05) is 24.3 Å². The van der Waals surface area contributed by atoms with Crippen molar-refractivity contribution < 1.29 is 0 Å². The van der Waals surface area contributed by atoms with Gasteiger partial charge in [-0.15, -0.1) is 0 Å². The molecule has 0 saturated carbocycles. The molecule has 16 heavy (non-hydrogen) atoms. The van der Waals surface area contributed by atoms with Gasteiger partial charge in [0.15, 0.2) is 0 Å². The van der Waals surface area contributed by atoms with Gasteiger partial charge < -0.3 is 5.73 Å². The van der Waals surface area contributed by atoms with Crippen molar-refractivity contribution in [3.63, 3.8) is 0 Å². The number of likely N-dealkylation sites (tertiary alicyclic amines) is 1. The first-order chi connectivity index (χ1) is 7.86. The Balaban J connectivity index is 1.85. The lowest BCUT2D eigenvalue weighted by atomic mass is 9.84. The minimum atomic E-state index is 0.225. The molecule has 0 aromatic heterocycles. The molecule has 2 aliphatic rings. The molecule has 2 heteroatoms. The lowest BCUT2D eigenvalue weighted by Gasteiger charge is -2.37. The number of rotatable bonds is 1. The third kappa shape index (κ3) is 1.66. The molecule has 1 heterocycles. The van der Waals surface area contributed by atoms with Gasteiger partial charge >= 0.3 is 0 Å². The first-order valence-corrected chi connectivity index (χ1v) is 6.44. The van der Waals surface area contributed by atoms with Crippen LogP contribution >= 0.6 is 0 Å². The molecule has 1 saturated heterocycles. The molecule has 1 fully saturated rings. The van der Waals surface area contributed by atoms with E-state index in [1.165, 1.54) is 49.9 Å². The summed E-state index contributed by atoms with van der Waals surface area (Å²) in [5.41, 5.74) is 9.27. The quantitative estimate of drug-likeness (QED) is 0.779. The van der Waals surface area contributed by atoms with Gasteiger partial charge in [0, 0.05) is 12.1 Å². The van der Waals surface area contributed by atoms with E-state index < -0.39 is 0 Å². The fourth-order valence-corrected chi connectivity index (χ4v) is 3.26. The Morgan fingerprint density at radius 1 is 1.12 bits per heavy atom. The van der Waals surface area contributed by atoms with E-state index in [-0.39, 0.29) is 6.04 Å². The second-order valence-corrected chi connectivity index (χ2v) is 5.07. The summed E-state index contributed by atoms with van der Waals surface area (Å²) in [5, 5.41) is 0. The van der Waals surface area contributed by atoms with Gasteiger partial charge in [-0.2, -0.15) is 0 Å².